The van der Waals surface area contributed by atoms with E-state index in [0.29, 0.717) is 5.02 Å². The van der Waals surface area contributed by atoms with Crippen LogP contribution in [0.2, 0.25) is 5.02 Å². The summed E-state index contributed by atoms with van der Waals surface area (Å²) in [6.07, 6.45) is 2.62. The first-order valence-electron chi connectivity index (χ1n) is 6.32. The molecule has 0 bridgehead atoms. The van der Waals surface area contributed by atoms with Gasteiger partial charge in [0.05, 0.1) is 12.0 Å². The number of anilines is 1. The summed E-state index contributed by atoms with van der Waals surface area (Å²) in [5.41, 5.74) is 1.10. The Morgan fingerprint density at radius 2 is 2.22 bits per heavy atom. The highest BCUT2D eigenvalue weighted by Crippen LogP contribution is 2.70. The average Bonchev–Trinajstić information content (AvgIpc) is 3.03. The minimum absolute atomic E-state index is 0.0479. The van der Waals surface area contributed by atoms with E-state index in [0.717, 1.165) is 30.5 Å². The van der Waals surface area contributed by atoms with Gasteiger partial charge >= 0.3 is 0 Å². The summed E-state index contributed by atoms with van der Waals surface area (Å²) in [5, 5.41) is 13.2. The third kappa shape index (κ3) is 1.26. The van der Waals surface area contributed by atoms with Gasteiger partial charge in [0.15, 0.2) is 0 Å². The van der Waals surface area contributed by atoms with Gasteiger partial charge in [-0.05, 0) is 36.6 Å². The van der Waals surface area contributed by atoms with Gasteiger partial charge in [0, 0.05) is 16.1 Å². The van der Waals surface area contributed by atoms with Gasteiger partial charge in [0.2, 0.25) is 5.91 Å². The zero-order valence-electron chi connectivity index (χ0n) is 10.3. The second-order valence-electron chi connectivity index (χ2n) is 5.39. The number of hydrogen-bond donors (Lipinski definition) is 2. The lowest BCUT2D eigenvalue weighted by molar-refractivity contribution is -0.123. The van der Waals surface area contributed by atoms with Gasteiger partial charge in [-0.3, -0.25) is 4.79 Å². The number of halogens is 1. The maximum atomic E-state index is 12.2. The van der Waals surface area contributed by atoms with Gasteiger partial charge in [0.1, 0.15) is 0 Å². The van der Waals surface area contributed by atoms with E-state index < -0.39 is 5.41 Å². The normalized spacial score (nSPS) is 32.5. The lowest BCUT2D eigenvalue weighted by Gasteiger charge is -2.31. The summed E-state index contributed by atoms with van der Waals surface area (Å²) in [6.45, 7) is 2.01. The van der Waals surface area contributed by atoms with E-state index in [4.69, 9.17) is 11.6 Å². The fourth-order valence-corrected chi connectivity index (χ4v) is 3.73. The molecule has 4 heteroatoms. The Hall–Kier alpha value is -1.06. The molecule has 0 aromatic heterocycles. The van der Waals surface area contributed by atoms with E-state index in [9.17, 15) is 9.90 Å². The van der Waals surface area contributed by atoms with Crippen molar-refractivity contribution < 1.29 is 9.90 Å². The Labute approximate surface area is 111 Å². The molecule has 0 saturated heterocycles. The predicted molar refractivity (Wildman–Crippen MR) is 70.8 cm³/mol. The topological polar surface area (TPSA) is 49.3 Å². The number of benzene rings is 1. The van der Waals surface area contributed by atoms with Crippen molar-refractivity contribution in [3.8, 4) is 0 Å². The van der Waals surface area contributed by atoms with Crippen molar-refractivity contribution in [3.63, 3.8) is 0 Å². The first-order chi connectivity index (χ1) is 8.59. The van der Waals surface area contributed by atoms with E-state index in [1.165, 1.54) is 0 Å². The molecule has 2 atom stereocenters. The first kappa shape index (κ1) is 12.0. The van der Waals surface area contributed by atoms with Crippen molar-refractivity contribution in [2.24, 2.45) is 5.41 Å². The molecular formula is C14H16ClNO2. The van der Waals surface area contributed by atoms with Crippen LogP contribution in [0, 0.1) is 5.41 Å². The van der Waals surface area contributed by atoms with Crippen molar-refractivity contribution in [1.82, 2.24) is 0 Å². The molecular weight excluding hydrogens is 250 g/mol. The molecule has 3 rings (SSSR count). The van der Waals surface area contributed by atoms with Crippen molar-refractivity contribution in [3.05, 3.63) is 28.8 Å². The van der Waals surface area contributed by atoms with E-state index in [1.807, 2.05) is 12.1 Å². The summed E-state index contributed by atoms with van der Waals surface area (Å²) in [5.74, 6) is -0.0479. The largest absolute Gasteiger partial charge is 0.395 e. The molecule has 1 aromatic rings. The summed E-state index contributed by atoms with van der Waals surface area (Å²) in [7, 11) is 0. The second kappa shape index (κ2) is 3.72. The molecule has 1 saturated carbocycles. The number of carbonyl (C=O) groups excluding carboxylic acids is 1. The van der Waals surface area contributed by atoms with Gasteiger partial charge < -0.3 is 10.4 Å². The van der Waals surface area contributed by atoms with E-state index in [1.54, 1.807) is 6.07 Å². The number of carbonyl (C=O) groups is 1. The van der Waals surface area contributed by atoms with Gasteiger partial charge in [-0.1, -0.05) is 24.9 Å². The number of fused-ring (bicyclic) bond motifs is 3. The standard InChI is InChI=1S/C14H16ClNO2/c1-2-5-13-7-14(13,8-17)12(18)16-11-4-3-9(15)6-10(11)13/h3-4,6,17H,2,5,7-8H2,1H3,(H,16,18). The van der Waals surface area contributed by atoms with Crippen LogP contribution in [-0.4, -0.2) is 17.6 Å². The zero-order chi connectivity index (χ0) is 13.0. The molecule has 2 N–H and O–H groups in total. The van der Waals surface area contributed by atoms with Gasteiger partial charge in [0.25, 0.3) is 0 Å². The molecule has 18 heavy (non-hydrogen) atoms. The van der Waals surface area contributed by atoms with Gasteiger partial charge in [-0.25, -0.2) is 0 Å². The fourth-order valence-electron chi connectivity index (χ4n) is 3.55. The quantitative estimate of drug-likeness (QED) is 0.883. The Kier molecular flexibility index (Phi) is 2.48. The summed E-state index contributed by atoms with van der Waals surface area (Å²) in [4.78, 5) is 12.2. The molecule has 0 spiro atoms. The minimum atomic E-state index is -0.624. The summed E-state index contributed by atoms with van der Waals surface area (Å²) < 4.78 is 0. The average molecular weight is 266 g/mol. The number of nitrogens with one attached hydrogen (secondary N) is 1. The lowest BCUT2D eigenvalue weighted by atomic mass is 9.79. The van der Waals surface area contributed by atoms with Crippen LogP contribution < -0.4 is 5.32 Å². The maximum absolute atomic E-state index is 12.2. The van der Waals surface area contributed by atoms with Crippen LogP contribution in [0.1, 0.15) is 31.7 Å². The van der Waals surface area contributed by atoms with Crippen LogP contribution in [0.3, 0.4) is 0 Å². The molecule has 0 radical (unpaired) electrons. The third-order valence-corrected chi connectivity index (χ3v) is 4.76. The molecule has 2 unspecified atom stereocenters. The molecule has 1 aromatic carbocycles. The van der Waals surface area contributed by atoms with Crippen molar-refractivity contribution >= 4 is 23.2 Å². The van der Waals surface area contributed by atoms with E-state index >= 15 is 0 Å². The monoisotopic (exact) mass is 265 g/mol. The van der Waals surface area contributed by atoms with E-state index in [2.05, 4.69) is 12.2 Å². The van der Waals surface area contributed by atoms with Crippen LogP contribution in [0.4, 0.5) is 5.69 Å². The van der Waals surface area contributed by atoms with Crippen molar-refractivity contribution in [2.45, 2.75) is 31.6 Å². The molecule has 2 aliphatic rings. The molecule has 1 aliphatic carbocycles. The van der Waals surface area contributed by atoms with Crippen molar-refractivity contribution in [2.75, 3.05) is 11.9 Å². The Morgan fingerprint density at radius 1 is 1.44 bits per heavy atom. The van der Waals surface area contributed by atoms with Gasteiger partial charge in [-0.15, -0.1) is 0 Å². The number of rotatable bonds is 3. The second-order valence-corrected chi connectivity index (χ2v) is 5.83. The lowest BCUT2D eigenvalue weighted by Crippen LogP contribution is -2.39. The Morgan fingerprint density at radius 3 is 2.89 bits per heavy atom. The number of hydrogen-bond acceptors (Lipinski definition) is 2. The number of amides is 1. The third-order valence-electron chi connectivity index (χ3n) is 4.52. The predicted octanol–water partition coefficient (Wildman–Crippen LogP) is 2.71. The Bertz CT molecular complexity index is 531. The summed E-state index contributed by atoms with van der Waals surface area (Å²) >= 11 is 6.07. The highest BCUT2D eigenvalue weighted by Gasteiger charge is 2.73. The van der Waals surface area contributed by atoms with Crippen LogP contribution in [0.25, 0.3) is 0 Å². The molecule has 3 nitrogen and oxygen atoms in total. The van der Waals surface area contributed by atoms with Gasteiger partial charge in [-0.2, -0.15) is 0 Å². The van der Waals surface area contributed by atoms with Crippen LogP contribution in [0.5, 0.6) is 0 Å². The first-order valence-corrected chi connectivity index (χ1v) is 6.70. The van der Waals surface area contributed by atoms with Crippen molar-refractivity contribution in [1.29, 1.82) is 0 Å². The molecule has 96 valence electrons. The molecule has 1 amide bonds. The summed E-state index contributed by atoms with van der Waals surface area (Å²) in [6, 6.07) is 5.57. The molecule has 1 fully saturated rings. The maximum Gasteiger partial charge on any atom is 0.233 e. The minimum Gasteiger partial charge on any atom is -0.395 e. The smallest absolute Gasteiger partial charge is 0.233 e. The highest BCUT2D eigenvalue weighted by atomic mass is 35.5. The van der Waals surface area contributed by atoms with E-state index in [-0.39, 0.29) is 17.9 Å². The number of aliphatic hydroxyl groups excluding tert-OH is 1. The molecule has 1 aliphatic heterocycles. The number of aliphatic hydroxyl groups is 1. The zero-order valence-corrected chi connectivity index (χ0v) is 11.0. The fraction of sp³-hybridized carbons (Fsp3) is 0.500. The SMILES string of the molecule is CCCC12CC1(CO)C(=O)Nc1ccc(Cl)cc12. The van der Waals surface area contributed by atoms with Crippen LogP contribution in [-0.2, 0) is 10.2 Å². The Balaban J connectivity index is 2.17. The van der Waals surface area contributed by atoms with Crippen LogP contribution in [0.15, 0.2) is 18.2 Å². The van der Waals surface area contributed by atoms with Crippen LogP contribution >= 0.6 is 11.6 Å². The highest BCUT2D eigenvalue weighted by molar-refractivity contribution is 6.30. The molecule has 1 heterocycles.